The van der Waals surface area contributed by atoms with Gasteiger partial charge < -0.3 is 19.9 Å². The average Bonchev–Trinajstić information content (AvgIpc) is 3.01. The van der Waals surface area contributed by atoms with Crippen molar-refractivity contribution >= 4 is 29.9 Å². The van der Waals surface area contributed by atoms with Crippen LogP contribution >= 0.6 is 24.0 Å². The molecule has 0 fully saturated rings. The van der Waals surface area contributed by atoms with E-state index in [4.69, 9.17) is 4.74 Å². The molecule has 0 spiro atoms. The van der Waals surface area contributed by atoms with Crippen molar-refractivity contribution in [2.45, 2.75) is 32.9 Å². The third-order valence-electron chi connectivity index (χ3n) is 3.71. The van der Waals surface area contributed by atoms with Crippen LogP contribution in [0.4, 0.5) is 4.39 Å². The van der Waals surface area contributed by atoms with Crippen LogP contribution in [0.15, 0.2) is 47.7 Å². The molecule has 1 heterocycles. The average molecular weight is 474 g/mol. The Bertz CT molecular complexity index is 690. The van der Waals surface area contributed by atoms with Gasteiger partial charge in [0, 0.05) is 32.1 Å². The summed E-state index contributed by atoms with van der Waals surface area (Å²) in [6, 6.07) is 8.27. The van der Waals surface area contributed by atoms with E-state index in [0.29, 0.717) is 18.8 Å². The van der Waals surface area contributed by atoms with E-state index < -0.39 is 0 Å². The zero-order valence-electron chi connectivity index (χ0n) is 15.5. The van der Waals surface area contributed by atoms with Crippen molar-refractivity contribution in [3.05, 3.63) is 54.1 Å². The summed E-state index contributed by atoms with van der Waals surface area (Å²) in [4.78, 5) is 4.59. The van der Waals surface area contributed by atoms with Crippen LogP contribution in [0.1, 0.15) is 25.8 Å². The van der Waals surface area contributed by atoms with Gasteiger partial charge in [0.1, 0.15) is 17.7 Å². The molecule has 2 aromatic rings. The monoisotopic (exact) mass is 474 g/mol. The normalized spacial score (nSPS) is 12.2. The topological polar surface area (TPSA) is 50.6 Å². The molecular formula is C19H28FIN4O. The van der Waals surface area contributed by atoms with Crippen molar-refractivity contribution in [1.82, 2.24) is 15.2 Å². The van der Waals surface area contributed by atoms with Crippen molar-refractivity contribution in [1.29, 1.82) is 0 Å². The molecule has 1 aromatic carbocycles. The van der Waals surface area contributed by atoms with E-state index in [1.165, 1.54) is 12.1 Å². The highest BCUT2D eigenvalue weighted by atomic mass is 127. The Labute approximate surface area is 172 Å². The minimum Gasteiger partial charge on any atom is -0.489 e. The third kappa shape index (κ3) is 7.63. The van der Waals surface area contributed by atoms with E-state index in [1.54, 1.807) is 12.1 Å². The first-order valence-electron chi connectivity index (χ1n) is 8.66. The first-order chi connectivity index (χ1) is 12.1. The Kier molecular flexibility index (Phi) is 10.1. The zero-order valence-corrected chi connectivity index (χ0v) is 17.9. The second kappa shape index (κ2) is 11.8. The van der Waals surface area contributed by atoms with Crippen LogP contribution in [0.2, 0.25) is 0 Å². The van der Waals surface area contributed by atoms with Gasteiger partial charge in [-0.1, -0.05) is 13.0 Å². The lowest BCUT2D eigenvalue weighted by molar-refractivity contribution is 0.198. The van der Waals surface area contributed by atoms with Gasteiger partial charge in [-0.3, -0.25) is 0 Å². The Hall–Kier alpha value is -1.77. The van der Waals surface area contributed by atoms with Crippen molar-refractivity contribution in [2.75, 3.05) is 13.1 Å². The highest BCUT2D eigenvalue weighted by molar-refractivity contribution is 14.0. The van der Waals surface area contributed by atoms with E-state index in [1.807, 2.05) is 31.7 Å². The second-order valence-electron chi connectivity index (χ2n) is 5.87. The lowest BCUT2D eigenvalue weighted by Crippen LogP contribution is -2.42. The minimum absolute atomic E-state index is 0. The Morgan fingerprint density at radius 3 is 2.69 bits per heavy atom. The maximum absolute atomic E-state index is 13.3. The van der Waals surface area contributed by atoms with Gasteiger partial charge in [-0.05, 0) is 37.1 Å². The van der Waals surface area contributed by atoms with Crippen LogP contribution in [0.5, 0.6) is 5.75 Å². The van der Waals surface area contributed by atoms with Crippen LogP contribution in [-0.4, -0.2) is 29.7 Å². The summed E-state index contributed by atoms with van der Waals surface area (Å²) in [7, 11) is 1.99. The number of hydrogen-bond acceptors (Lipinski definition) is 2. The maximum Gasteiger partial charge on any atom is 0.191 e. The molecule has 1 unspecified atom stereocenters. The number of aliphatic imine (C=N–C) groups is 1. The molecule has 0 amide bonds. The highest BCUT2D eigenvalue weighted by Crippen LogP contribution is 2.14. The maximum atomic E-state index is 13.3. The fourth-order valence-electron chi connectivity index (χ4n) is 2.38. The van der Waals surface area contributed by atoms with Crippen molar-refractivity contribution in [2.24, 2.45) is 12.0 Å². The fraction of sp³-hybridized carbons (Fsp3) is 0.421. The molecule has 0 saturated heterocycles. The van der Waals surface area contributed by atoms with E-state index in [9.17, 15) is 4.39 Å². The molecule has 7 heteroatoms. The number of rotatable bonds is 8. The molecule has 0 aliphatic carbocycles. The molecule has 0 aliphatic heterocycles. The predicted octanol–water partition coefficient (Wildman–Crippen LogP) is 3.69. The largest absolute Gasteiger partial charge is 0.489 e. The number of ether oxygens (including phenoxy) is 1. The van der Waals surface area contributed by atoms with Gasteiger partial charge in [-0.2, -0.15) is 0 Å². The predicted molar refractivity (Wildman–Crippen MR) is 115 cm³/mol. The number of nitrogens with one attached hydrogen (secondary N) is 2. The second-order valence-corrected chi connectivity index (χ2v) is 5.87. The van der Waals surface area contributed by atoms with Crippen LogP contribution in [0.25, 0.3) is 0 Å². The number of halogens is 2. The quantitative estimate of drug-likeness (QED) is 0.349. The first-order valence-corrected chi connectivity index (χ1v) is 8.66. The first kappa shape index (κ1) is 22.3. The summed E-state index contributed by atoms with van der Waals surface area (Å²) in [5.74, 6) is 0.991. The molecule has 5 nitrogen and oxygen atoms in total. The van der Waals surface area contributed by atoms with Gasteiger partial charge in [-0.15, -0.1) is 24.0 Å². The number of aromatic nitrogens is 1. The summed E-state index contributed by atoms with van der Waals surface area (Å²) in [6.07, 6.45) is 4.80. The molecule has 1 atom stereocenters. The standard InChI is InChI=1S/C19H27FN4O.HI/c1-4-17(25-18-8-6-7-16(20)11-18)13-23-19(21-5-2)22-12-15-9-10-24(3)14-15;/h6-11,14,17H,4-5,12-13H2,1-3H3,(H2,21,22,23);1H. The number of aryl methyl sites for hydroxylation is 1. The van der Waals surface area contributed by atoms with E-state index >= 15 is 0 Å². The summed E-state index contributed by atoms with van der Waals surface area (Å²) >= 11 is 0. The van der Waals surface area contributed by atoms with Gasteiger partial charge in [0.2, 0.25) is 0 Å². The number of benzene rings is 1. The van der Waals surface area contributed by atoms with Crippen LogP contribution < -0.4 is 15.4 Å². The molecular weight excluding hydrogens is 446 g/mol. The minimum atomic E-state index is -0.293. The van der Waals surface area contributed by atoms with Crippen LogP contribution in [-0.2, 0) is 13.6 Å². The molecule has 1 aromatic heterocycles. The molecule has 2 rings (SSSR count). The van der Waals surface area contributed by atoms with Crippen molar-refractivity contribution in [3.8, 4) is 5.75 Å². The molecule has 0 saturated carbocycles. The number of nitrogens with zero attached hydrogens (tertiary/aromatic N) is 2. The molecule has 26 heavy (non-hydrogen) atoms. The lowest BCUT2D eigenvalue weighted by atomic mass is 10.2. The Morgan fingerprint density at radius 2 is 2.08 bits per heavy atom. The highest BCUT2D eigenvalue weighted by Gasteiger charge is 2.10. The van der Waals surface area contributed by atoms with E-state index in [2.05, 4.69) is 27.9 Å². The molecule has 0 radical (unpaired) electrons. The third-order valence-corrected chi connectivity index (χ3v) is 3.71. The molecule has 144 valence electrons. The van der Waals surface area contributed by atoms with Crippen molar-refractivity contribution < 1.29 is 9.13 Å². The van der Waals surface area contributed by atoms with Crippen LogP contribution in [0.3, 0.4) is 0 Å². The lowest BCUT2D eigenvalue weighted by Gasteiger charge is -2.20. The zero-order chi connectivity index (χ0) is 18.1. The van der Waals surface area contributed by atoms with E-state index in [-0.39, 0.29) is 35.9 Å². The fourth-order valence-corrected chi connectivity index (χ4v) is 2.38. The summed E-state index contributed by atoms with van der Waals surface area (Å²) in [6.45, 7) is 6.05. The summed E-state index contributed by atoms with van der Waals surface area (Å²) < 4.78 is 21.1. The van der Waals surface area contributed by atoms with E-state index in [0.717, 1.165) is 24.5 Å². The Morgan fingerprint density at radius 1 is 1.27 bits per heavy atom. The van der Waals surface area contributed by atoms with Gasteiger partial charge in [-0.25, -0.2) is 9.38 Å². The van der Waals surface area contributed by atoms with Gasteiger partial charge in [0.05, 0.1) is 13.1 Å². The Balaban J connectivity index is 0.00000338. The SMILES string of the molecule is CCNC(=NCc1ccn(C)c1)NCC(CC)Oc1cccc(F)c1.I. The summed E-state index contributed by atoms with van der Waals surface area (Å²) in [5, 5.41) is 6.53. The molecule has 0 aliphatic rings. The van der Waals surface area contributed by atoms with Gasteiger partial charge in [0.15, 0.2) is 5.96 Å². The smallest absolute Gasteiger partial charge is 0.191 e. The van der Waals surface area contributed by atoms with Crippen LogP contribution in [0, 0.1) is 5.82 Å². The number of hydrogen-bond donors (Lipinski definition) is 2. The molecule has 0 bridgehead atoms. The summed E-state index contributed by atoms with van der Waals surface area (Å²) in [5.41, 5.74) is 1.16. The number of guanidine groups is 1. The van der Waals surface area contributed by atoms with Gasteiger partial charge >= 0.3 is 0 Å². The molecule has 2 N–H and O–H groups in total. The van der Waals surface area contributed by atoms with Crippen molar-refractivity contribution in [3.63, 3.8) is 0 Å². The van der Waals surface area contributed by atoms with Gasteiger partial charge in [0.25, 0.3) is 0 Å².